The van der Waals surface area contributed by atoms with Crippen LogP contribution in [0.2, 0.25) is 0 Å². The number of rotatable bonds is 3. The predicted molar refractivity (Wildman–Crippen MR) is 99.3 cm³/mol. The number of fused-ring (bicyclic) bond motifs is 1. The lowest BCUT2D eigenvalue weighted by molar-refractivity contribution is 0.441. The highest BCUT2D eigenvalue weighted by molar-refractivity contribution is 5.83. The van der Waals surface area contributed by atoms with Crippen LogP contribution in [-0.2, 0) is 0 Å². The summed E-state index contributed by atoms with van der Waals surface area (Å²) in [7, 11) is 2.05. The van der Waals surface area contributed by atoms with E-state index in [1.165, 1.54) is 23.8 Å². The van der Waals surface area contributed by atoms with Gasteiger partial charge in [-0.05, 0) is 49.7 Å². The lowest BCUT2D eigenvalue weighted by atomic mass is 10.0. The molecule has 0 spiro atoms. The summed E-state index contributed by atoms with van der Waals surface area (Å²) >= 11 is 0. The molecule has 1 aliphatic heterocycles. The van der Waals surface area contributed by atoms with E-state index in [4.69, 9.17) is 0 Å². The second kappa shape index (κ2) is 6.57. The first kappa shape index (κ1) is 15.1. The Labute approximate surface area is 142 Å². The van der Waals surface area contributed by atoms with Crippen molar-refractivity contribution >= 4 is 16.7 Å². The highest BCUT2D eigenvalue weighted by Gasteiger charge is 2.19. The Balaban J connectivity index is 1.62. The zero-order chi connectivity index (χ0) is 16.4. The average Bonchev–Trinajstić information content (AvgIpc) is 2.68. The first-order chi connectivity index (χ1) is 11.8. The number of hydrogen-bond acceptors (Lipinski definition) is 4. The van der Waals surface area contributed by atoms with Crippen LogP contribution in [0.3, 0.4) is 0 Å². The van der Waals surface area contributed by atoms with E-state index in [1.807, 2.05) is 31.6 Å². The SMILES string of the molecule is CNC1CCN(c2cc(-c3cnc4ccccc4c3)ccn2)CC1. The zero-order valence-corrected chi connectivity index (χ0v) is 13.9. The van der Waals surface area contributed by atoms with Crippen molar-refractivity contribution in [1.29, 1.82) is 0 Å². The topological polar surface area (TPSA) is 41.0 Å². The van der Waals surface area contributed by atoms with E-state index in [1.54, 1.807) is 0 Å². The van der Waals surface area contributed by atoms with Crippen LogP contribution in [0.25, 0.3) is 22.0 Å². The molecular weight excluding hydrogens is 296 g/mol. The molecule has 0 radical (unpaired) electrons. The molecule has 1 aliphatic rings. The first-order valence-electron chi connectivity index (χ1n) is 8.57. The molecule has 122 valence electrons. The van der Waals surface area contributed by atoms with Gasteiger partial charge in [0, 0.05) is 42.5 Å². The van der Waals surface area contributed by atoms with Gasteiger partial charge in [0.15, 0.2) is 0 Å². The Morgan fingerprint density at radius 2 is 1.83 bits per heavy atom. The fraction of sp³-hybridized carbons (Fsp3) is 0.300. The maximum atomic E-state index is 4.59. The molecule has 0 bridgehead atoms. The Kier molecular flexibility index (Phi) is 4.13. The molecule has 4 rings (SSSR count). The summed E-state index contributed by atoms with van der Waals surface area (Å²) in [4.78, 5) is 11.5. The van der Waals surface area contributed by atoms with Gasteiger partial charge in [-0.1, -0.05) is 18.2 Å². The van der Waals surface area contributed by atoms with Crippen LogP contribution in [0.15, 0.2) is 54.9 Å². The Hall–Kier alpha value is -2.46. The minimum absolute atomic E-state index is 0.633. The summed E-state index contributed by atoms with van der Waals surface area (Å²) in [6.07, 6.45) is 6.19. The number of hydrogen-bond donors (Lipinski definition) is 1. The summed E-state index contributed by atoms with van der Waals surface area (Å²) in [5, 5.41) is 4.54. The molecule has 1 fully saturated rings. The van der Waals surface area contributed by atoms with Crippen LogP contribution in [-0.4, -0.2) is 36.1 Å². The van der Waals surface area contributed by atoms with Gasteiger partial charge in [0.25, 0.3) is 0 Å². The molecule has 0 aliphatic carbocycles. The lowest BCUT2D eigenvalue weighted by Crippen LogP contribution is -2.41. The second-order valence-electron chi connectivity index (χ2n) is 6.37. The molecule has 1 N–H and O–H groups in total. The van der Waals surface area contributed by atoms with Crippen LogP contribution in [0, 0.1) is 0 Å². The number of para-hydroxylation sites is 1. The van der Waals surface area contributed by atoms with E-state index in [0.29, 0.717) is 6.04 Å². The molecule has 1 saturated heterocycles. The number of nitrogens with one attached hydrogen (secondary N) is 1. The van der Waals surface area contributed by atoms with Gasteiger partial charge >= 0.3 is 0 Å². The largest absolute Gasteiger partial charge is 0.356 e. The van der Waals surface area contributed by atoms with Crippen molar-refractivity contribution in [3.8, 4) is 11.1 Å². The quantitative estimate of drug-likeness (QED) is 0.802. The predicted octanol–water partition coefficient (Wildman–Crippen LogP) is 3.49. The number of anilines is 1. The summed E-state index contributed by atoms with van der Waals surface area (Å²) in [5.74, 6) is 1.07. The third kappa shape index (κ3) is 2.97. The maximum absolute atomic E-state index is 4.59. The number of pyridine rings is 2. The van der Waals surface area contributed by atoms with Crippen molar-refractivity contribution in [2.75, 3.05) is 25.0 Å². The zero-order valence-electron chi connectivity index (χ0n) is 13.9. The first-order valence-corrected chi connectivity index (χ1v) is 8.57. The number of benzene rings is 1. The Morgan fingerprint density at radius 1 is 1.00 bits per heavy atom. The van der Waals surface area contributed by atoms with Gasteiger partial charge < -0.3 is 10.2 Å². The van der Waals surface area contributed by atoms with Crippen molar-refractivity contribution in [3.63, 3.8) is 0 Å². The van der Waals surface area contributed by atoms with Gasteiger partial charge in [0.2, 0.25) is 0 Å². The van der Waals surface area contributed by atoms with E-state index >= 15 is 0 Å². The molecule has 0 unspecified atom stereocenters. The van der Waals surface area contributed by atoms with E-state index < -0.39 is 0 Å². The summed E-state index contributed by atoms with van der Waals surface area (Å²) < 4.78 is 0. The number of piperidine rings is 1. The third-order valence-electron chi connectivity index (χ3n) is 4.90. The van der Waals surface area contributed by atoms with Gasteiger partial charge in [0.1, 0.15) is 5.82 Å². The van der Waals surface area contributed by atoms with Crippen molar-refractivity contribution in [1.82, 2.24) is 15.3 Å². The normalized spacial score (nSPS) is 15.8. The van der Waals surface area contributed by atoms with Gasteiger partial charge in [-0.3, -0.25) is 4.98 Å². The van der Waals surface area contributed by atoms with Crippen LogP contribution < -0.4 is 10.2 Å². The van der Waals surface area contributed by atoms with E-state index in [2.05, 4.69) is 50.5 Å². The van der Waals surface area contributed by atoms with E-state index in [-0.39, 0.29) is 0 Å². The molecule has 3 aromatic rings. The van der Waals surface area contributed by atoms with Gasteiger partial charge in [-0.25, -0.2) is 4.98 Å². The summed E-state index contributed by atoms with van der Waals surface area (Å²) in [5.41, 5.74) is 3.35. The smallest absolute Gasteiger partial charge is 0.129 e. The standard InChI is InChI=1S/C20H22N4/c1-21-18-7-10-24(11-8-18)20-13-15(6-9-22-20)17-12-16-4-2-3-5-19(16)23-14-17/h2-6,9,12-14,18,21H,7-8,10-11H2,1H3. The molecule has 2 aromatic heterocycles. The van der Waals surface area contributed by atoms with Crippen LogP contribution in [0.4, 0.5) is 5.82 Å². The molecular formula is C20H22N4. The molecule has 3 heterocycles. The molecule has 0 saturated carbocycles. The van der Waals surface area contributed by atoms with Crippen LogP contribution >= 0.6 is 0 Å². The van der Waals surface area contributed by atoms with E-state index in [9.17, 15) is 0 Å². The molecule has 0 atom stereocenters. The third-order valence-corrected chi connectivity index (χ3v) is 4.90. The van der Waals surface area contributed by atoms with Crippen LogP contribution in [0.1, 0.15) is 12.8 Å². The Bertz CT molecular complexity index is 838. The number of aromatic nitrogens is 2. The monoisotopic (exact) mass is 318 g/mol. The summed E-state index contributed by atoms with van der Waals surface area (Å²) in [6, 6.07) is 15.3. The highest BCUT2D eigenvalue weighted by Crippen LogP contribution is 2.26. The minimum atomic E-state index is 0.633. The minimum Gasteiger partial charge on any atom is -0.356 e. The van der Waals surface area contributed by atoms with Crippen molar-refractivity contribution < 1.29 is 0 Å². The number of nitrogens with zero attached hydrogens (tertiary/aromatic N) is 3. The fourth-order valence-corrected chi connectivity index (χ4v) is 3.40. The molecule has 4 nitrogen and oxygen atoms in total. The van der Waals surface area contributed by atoms with Crippen molar-refractivity contribution in [3.05, 3.63) is 54.9 Å². The molecule has 4 heteroatoms. The van der Waals surface area contributed by atoms with Crippen molar-refractivity contribution in [2.24, 2.45) is 0 Å². The Morgan fingerprint density at radius 3 is 2.67 bits per heavy atom. The van der Waals surface area contributed by atoms with Gasteiger partial charge in [0.05, 0.1) is 5.52 Å². The molecule has 1 aromatic carbocycles. The van der Waals surface area contributed by atoms with Crippen LogP contribution in [0.5, 0.6) is 0 Å². The van der Waals surface area contributed by atoms with Gasteiger partial charge in [-0.2, -0.15) is 0 Å². The fourth-order valence-electron chi connectivity index (χ4n) is 3.40. The maximum Gasteiger partial charge on any atom is 0.129 e. The van der Waals surface area contributed by atoms with E-state index in [0.717, 1.165) is 30.0 Å². The van der Waals surface area contributed by atoms with Crippen molar-refractivity contribution in [2.45, 2.75) is 18.9 Å². The molecule has 24 heavy (non-hydrogen) atoms. The molecule has 0 amide bonds. The summed E-state index contributed by atoms with van der Waals surface area (Å²) in [6.45, 7) is 2.11. The average molecular weight is 318 g/mol. The lowest BCUT2D eigenvalue weighted by Gasteiger charge is -2.32. The highest BCUT2D eigenvalue weighted by atomic mass is 15.2. The van der Waals surface area contributed by atoms with Gasteiger partial charge in [-0.15, -0.1) is 0 Å². The second-order valence-corrected chi connectivity index (χ2v) is 6.37.